The zero-order chi connectivity index (χ0) is 31.6. The molecule has 0 N–H and O–H groups in total. The van der Waals surface area contributed by atoms with Gasteiger partial charge in [-0.25, -0.2) is 13.2 Å². The van der Waals surface area contributed by atoms with Gasteiger partial charge in [0.05, 0.1) is 0 Å². The average molecular weight is 615 g/mol. The fourth-order valence-corrected chi connectivity index (χ4v) is 8.15. The molecular weight excluding hydrogens is 561 g/mol. The van der Waals surface area contributed by atoms with Gasteiger partial charge in [0.25, 0.3) is 0 Å². The van der Waals surface area contributed by atoms with E-state index in [1.807, 2.05) is 24.3 Å². The lowest BCUT2D eigenvalue weighted by Crippen LogP contribution is -2.25. The van der Waals surface area contributed by atoms with Crippen molar-refractivity contribution in [3.05, 3.63) is 95.3 Å². The van der Waals surface area contributed by atoms with Gasteiger partial charge in [-0.05, 0) is 129 Å². The summed E-state index contributed by atoms with van der Waals surface area (Å²) in [5, 5.41) is 0. The van der Waals surface area contributed by atoms with Gasteiger partial charge in [-0.2, -0.15) is 0 Å². The van der Waals surface area contributed by atoms with Crippen LogP contribution in [0.25, 0.3) is 22.3 Å². The van der Waals surface area contributed by atoms with Crippen molar-refractivity contribution in [1.29, 1.82) is 0 Å². The molecule has 0 aliphatic heterocycles. The molecule has 0 spiro atoms. The fourth-order valence-electron chi connectivity index (χ4n) is 8.15. The number of aryl methyl sites for hydroxylation is 1. The standard InChI is InChI=1S/C42H53F3/c1-3-5-7-8-10-12-36-25-28-39(42(45)41(36)44)35-23-19-33(20-24-35)37-26-27-38(40(43)29-37)34-21-17-32(18-22-34)31-15-13-30(14-16-31)11-9-6-4-2/h4,6,19-20,23-32,34H,3,5,7-18,21-22H2,1-2H3. The summed E-state index contributed by atoms with van der Waals surface area (Å²) in [6, 6.07) is 16.4. The van der Waals surface area contributed by atoms with Crippen molar-refractivity contribution in [2.24, 2.45) is 17.8 Å². The van der Waals surface area contributed by atoms with Gasteiger partial charge in [0.15, 0.2) is 11.6 Å². The summed E-state index contributed by atoms with van der Waals surface area (Å²) >= 11 is 0. The topological polar surface area (TPSA) is 0 Å². The molecule has 0 saturated heterocycles. The molecule has 0 radical (unpaired) electrons. The summed E-state index contributed by atoms with van der Waals surface area (Å²) in [6.45, 7) is 4.27. The molecule has 3 aromatic carbocycles. The molecule has 3 heteroatoms. The number of rotatable bonds is 13. The van der Waals surface area contributed by atoms with Crippen LogP contribution in [-0.4, -0.2) is 0 Å². The van der Waals surface area contributed by atoms with E-state index in [4.69, 9.17) is 0 Å². The lowest BCUT2D eigenvalue weighted by atomic mass is 9.68. The molecule has 0 nitrogen and oxygen atoms in total. The Labute approximate surface area is 270 Å². The van der Waals surface area contributed by atoms with Crippen LogP contribution < -0.4 is 0 Å². The van der Waals surface area contributed by atoms with E-state index < -0.39 is 11.6 Å². The van der Waals surface area contributed by atoms with E-state index in [1.54, 1.807) is 30.3 Å². The lowest BCUT2D eigenvalue weighted by molar-refractivity contribution is 0.156. The van der Waals surface area contributed by atoms with E-state index in [2.05, 4.69) is 26.0 Å². The third-order valence-corrected chi connectivity index (χ3v) is 11.0. The van der Waals surface area contributed by atoms with Crippen LogP contribution in [0.4, 0.5) is 13.2 Å². The lowest BCUT2D eigenvalue weighted by Gasteiger charge is -2.38. The molecule has 5 rings (SSSR count). The van der Waals surface area contributed by atoms with Crippen LogP contribution in [0.5, 0.6) is 0 Å². The maximum absolute atomic E-state index is 15.5. The number of allylic oxidation sites excluding steroid dienone is 2. The second-order valence-corrected chi connectivity index (χ2v) is 13.9. The van der Waals surface area contributed by atoms with Crippen LogP contribution in [-0.2, 0) is 6.42 Å². The first-order valence-electron chi connectivity index (χ1n) is 18.0. The van der Waals surface area contributed by atoms with Crippen molar-refractivity contribution in [1.82, 2.24) is 0 Å². The van der Waals surface area contributed by atoms with Gasteiger partial charge in [0, 0.05) is 5.56 Å². The third-order valence-electron chi connectivity index (χ3n) is 11.0. The van der Waals surface area contributed by atoms with E-state index in [9.17, 15) is 4.39 Å². The molecule has 0 heterocycles. The number of hydrogen-bond donors (Lipinski definition) is 0. The Morgan fingerprint density at radius 1 is 0.667 bits per heavy atom. The Kier molecular flexibility index (Phi) is 12.4. The molecule has 0 aromatic heterocycles. The molecule has 2 aliphatic rings. The molecule has 45 heavy (non-hydrogen) atoms. The van der Waals surface area contributed by atoms with E-state index in [-0.39, 0.29) is 11.4 Å². The van der Waals surface area contributed by atoms with Crippen LogP contribution in [0.1, 0.15) is 127 Å². The van der Waals surface area contributed by atoms with Crippen LogP contribution in [0.3, 0.4) is 0 Å². The van der Waals surface area contributed by atoms with Crippen LogP contribution in [0.2, 0.25) is 0 Å². The van der Waals surface area contributed by atoms with Gasteiger partial charge in [-0.1, -0.05) is 106 Å². The fraction of sp³-hybridized carbons (Fsp3) is 0.524. The SMILES string of the molecule is CC=CCCC1CCC(C2CCC(c3ccc(-c4ccc(-c5ccc(CCCCCCC)c(F)c5F)cc4)cc3F)CC2)CC1. The van der Waals surface area contributed by atoms with Gasteiger partial charge < -0.3 is 0 Å². The minimum atomic E-state index is -0.785. The van der Waals surface area contributed by atoms with E-state index in [0.29, 0.717) is 23.5 Å². The predicted molar refractivity (Wildman–Crippen MR) is 184 cm³/mol. The molecule has 2 fully saturated rings. The molecular formula is C42H53F3. The summed E-state index contributed by atoms with van der Waals surface area (Å²) < 4.78 is 45.4. The number of halogens is 3. The van der Waals surface area contributed by atoms with Gasteiger partial charge in [-0.3, -0.25) is 0 Å². The number of benzene rings is 3. The predicted octanol–water partition coefficient (Wildman–Crippen LogP) is 13.4. The molecule has 0 atom stereocenters. The largest absolute Gasteiger partial charge is 0.207 e. The van der Waals surface area contributed by atoms with Crippen molar-refractivity contribution in [3.63, 3.8) is 0 Å². The summed E-state index contributed by atoms with van der Waals surface area (Å²) in [5.74, 6) is 1.23. The van der Waals surface area contributed by atoms with Crippen LogP contribution in [0, 0.1) is 35.2 Å². The molecule has 242 valence electrons. The van der Waals surface area contributed by atoms with Crippen molar-refractivity contribution in [2.75, 3.05) is 0 Å². The first-order valence-corrected chi connectivity index (χ1v) is 18.0. The first-order chi connectivity index (χ1) is 22.0. The summed E-state index contributed by atoms with van der Waals surface area (Å²) in [6.07, 6.45) is 23.1. The zero-order valence-electron chi connectivity index (χ0n) is 27.6. The molecule has 0 unspecified atom stereocenters. The molecule has 2 saturated carbocycles. The second-order valence-electron chi connectivity index (χ2n) is 13.9. The van der Waals surface area contributed by atoms with E-state index >= 15 is 8.78 Å². The van der Waals surface area contributed by atoms with E-state index in [1.165, 1.54) is 57.8 Å². The van der Waals surface area contributed by atoms with Gasteiger partial charge in [-0.15, -0.1) is 0 Å². The Morgan fingerprint density at radius 3 is 1.98 bits per heavy atom. The Bertz CT molecular complexity index is 1370. The molecule has 2 aliphatic carbocycles. The van der Waals surface area contributed by atoms with Crippen LogP contribution >= 0.6 is 0 Å². The maximum atomic E-state index is 15.5. The van der Waals surface area contributed by atoms with Crippen molar-refractivity contribution in [3.8, 4) is 22.3 Å². The normalized spacial score (nSPS) is 22.2. The Hall–Kier alpha value is -2.81. The average Bonchev–Trinajstić information content (AvgIpc) is 3.07. The minimum absolute atomic E-state index is 0.125. The highest BCUT2D eigenvalue weighted by Crippen LogP contribution is 2.45. The molecule has 0 bridgehead atoms. The van der Waals surface area contributed by atoms with Gasteiger partial charge >= 0.3 is 0 Å². The minimum Gasteiger partial charge on any atom is -0.207 e. The smallest absolute Gasteiger partial charge is 0.166 e. The summed E-state index contributed by atoms with van der Waals surface area (Å²) in [4.78, 5) is 0. The maximum Gasteiger partial charge on any atom is 0.166 e. The number of hydrogen-bond acceptors (Lipinski definition) is 0. The van der Waals surface area contributed by atoms with Crippen molar-refractivity contribution < 1.29 is 13.2 Å². The third kappa shape index (κ3) is 8.72. The zero-order valence-corrected chi connectivity index (χ0v) is 27.6. The van der Waals surface area contributed by atoms with Crippen molar-refractivity contribution in [2.45, 2.75) is 122 Å². The molecule has 3 aromatic rings. The van der Waals surface area contributed by atoms with E-state index in [0.717, 1.165) is 73.0 Å². The Balaban J connectivity index is 1.15. The van der Waals surface area contributed by atoms with Crippen LogP contribution in [0.15, 0.2) is 66.7 Å². The summed E-state index contributed by atoms with van der Waals surface area (Å²) in [7, 11) is 0. The molecule has 0 amide bonds. The van der Waals surface area contributed by atoms with Gasteiger partial charge in [0.2, 0.25) is 0 Å². The summed E-state index contributed by atoms with van der Waals surface area (Å²) in [5.41, 5.74) is 3.88. The monoisotopic (exact) mass is 614 g/mol. The quantitative estimate of drug-likeness (QED) is 0.133. The number of unbranched alkanes of at least 4 members (excludes halogenated alkanes) is 4. The van der Waals surface area contributed by atoms with Gasteiger partial charge in [0.1, 0.15) is 5.82 Å². The first kappa shape index (κ1) is 33.6. The highest BCUT2D eigenvalue weighted by Gasteiger charge is 2.32. The highest BCUT2D eigenvalue weighted by atomic mass is 19.2. The van der Waals surface area contributed by atoms with Crippen molar-refractivity contribution >= 4 is 0 Å². The Morgan fingerprint density at radius 2 is 1.31 bits per heavy atom. The highest BCUT2D eigenvalue weighted by molar-refractivity contribution is 5.71. The second kappa shape index (κ2) is 16.7.